The van der Waals surface area contributed by atoms with Crippen LogP contribution in [0.25, 0.3) is 23.1 Å². The Labute approximate surface area is 124 Å². The van der Waals surface area contributed by atoms with Gasteiger partial charge in [-0.15, -0.1) is 0 Å². The van der Waals surface area contributed by atoms with Gasteiger partial charge in [0.05, 0.1) is 10.2 Å². The molecule has 0 saturated heterocycles. The van der Waals surface area contributed by atoms with E-state index in [-0.39, 0.29) is 0 Å². The first kappa shape index (κ1) is 13.0. The molecule has 0 bridgehead atoms. The van der Waals surface area contributed by atoms with Gasteiger partial charge in [0.25, 0.3) is 5.89 Å². The fourth-order valence-electron chi connectivity index (χ4n) is 1.91. The van der Waals surface area contributed by atoms with Crippen LogP contribution in [0, 0.1) is 6.92 Å². The highest BCUT2D eigenvalue weighted by molar-refractivity contribution is 9.10. The lowest BCUT2D eigenvalue weighted by Gasteiger charge is -1.99. The largest absolute Gasteiger partial charge is 0.332 e. The predicted octanol–water partition coefficient (Wildman–Crippen LogP) is 3.09. The molecule has 0 saturated carbocycles. The third-order valence-electron chi connectivity index (χ3n) is 2.88. The molecule has 0 aliphatic carbocycles. The molecule has 7 heteroatoms. The van der Waals surface area contributed by atoms with Gasteiger partial charge in [-0.3, -0.25) is 9.67 Å². The maximum absolute atomic E-state index is 5.35. The molecular weight excluding hydrogens is 322 g/mol. The van der Waals surface area contributed by atoms with Crippen LogP contribution in [0.2, 0.25) is 0 Å². The maximum Gasteiger partial charge on any atom is 0.277 e. The Morgan fingerprint density at radius 1 is 1.35 bits per heavy atom. The summed E-state index contributed by atoms with van der Waals surface area (Å²) in [6, 6.07) is 5.57. The van der Waals surface area contributed by atoms with Gasteiger partial charge in [0.1, 0.15) is 11.4 Å². The van der Waals surface area contributed by atoms with Crippen LogP contribution >= 0.6 is 15.9 Å². The highest BCUT2D eigenvalue weighted by Gasteiger charge is 2.20. The number of hydrogen-bond acceptors (Lipinski definition) is 5. The zero-order chi connectivity index (χ0) is 14.1. The quantitative estimate of drug-likeness (QED) is 0.736. The maximum atomic E-state index is 5.35. The molecule has 6 nitrogen and oxygen atoms in total. The van der Waals surface area contributed by atoms with Gasteiger partial charge >= 0.3 is 0 Å². The molecule has 0 radical (unpaired) electrons. The van der Waals surface area contributed by atoms with E-state index >= 15 is 0 Å². The van der Waals surface area contributed by atoms with Crippen molar-refractivity contribution in [2.75, 3.05) is 0 Å². The fourth-order valence-corrected chi connectivity index (χ4v) is 2.37. The summed E-state index contributed by atoms with van der Waals surface area (Å²) in [5.74, 6) is 0.897. The van der Waals surface area contributed by atoms with E-state index in [9.17, 15) is 0 Å². The van der Waals surface area contributed by atoms with E-state index in [1.54, 1.807) is 6.20 Å². The lowest BCUT2D eigenvalue weighted by Crippen LogP contribution is -1.99. The first-order chi connectivity index (χ1) is 9.70. The molecule has 0 aromatic carbocycles. The van der Waals surface area contributed by atoms with Crippen LogP contribution in [-0.2, 0) is 6.54 Å². The first-order valence-corrected chi connectivity index (χ1v) is 6.98. The molecule has 0 aliphatic heterocycles. The van der Waals surface area contributed by atoms with Gasteiger partial charge in [-0.05, 0) is 41.9 Å². The van der Waals surface area contributed by atoms with Crippen LogP contribution < -0.4 is 0 Å². The zero-order valence-corrected chi connectivity index (χ0v) is 12.6. The highest BCUT2D eigenvalue weighted by atomic mass is 79.9. The molecule has 0 amide bonds. The first-order valence-electron chi connectivity index (χ1n) is 6.19. The number of rotatable bonds is 3. The van der Waals surface area contributed by atoms with E-state index < -0.39 is 0 Å². The Hall–Kier alpha value is -2.02. The molecule has 3 heterocycles. The molecule has 3 aromatic rings. The number of nitrogens with zero attached hydrogens (tertiary/aromatic N) is 5. The molecule has 0 fully saturated rings. The van der Waals surface area contributed by atoms with Crippen molar-refractivity contribution in [1.82, 2.24) is 24.9 Å². The summed E-state index contributed by atoms with van der Waals surface area (Å²) in [4.78, 5) is 8.61. The Morgan fingerprint density at radius 2 is 2.20 bits per heavy atom. The molecular formula is C13H12BrN5O. The lowest BCUT2D eigenvalue weighted by molar-refractivity contribution is 0.427. The second-order valence-corrected chi connectivity index (χ2v) is 4.99. The van der Waals surface area contributed by atoms with Gasteiger partial charge in [0, 0.05) is 12.7 Å². The molecule has 102 valence electrons. The van der Waals surface area contributed by atoms with E-state index in [1.165, 1.54) is 0 Å². The van der Waals surface area contributed by atoms with Crippen molar-refractivity contribution in [1.29, 1.82) is 0 Å². The van der Waals surface area contributed by atoms with E-state index in [0.29, 0.717) is 17.4 Å². The van der Waals surface area contributed by atoms with Crippen LogP contribution in [0.4, 0.5) is 0 Å². The van der Waals surface area contributed by atoms with Crippen molar-refractivity contribution < 1.29 is 4.52 Å². The number of pyridine rings is 1. The highest BCUT2D eigenvalue weighted by Crippen LogP contribution is 2.30. The van der Waals surface area contributed by atoms with Crippen LogP contribution in [0.5, 0.6) is 0 Å². The third-order valence-corrected chi connectivity index (χ3v) is 3.83. The Morgan fingerprint density at radius 3 is 2.90 bits per heavy atom. The van der Waals surface area contributed by atoms with Crippen LogP contribution in [-0.4, -0.2) is 24.9 Å². The van der Waals surface area contributed by atoms with Gasteiger partial charge in [0.15, 0.2) is 0 Å². The zero-order valence-electron chi connectivity index (χ0n) is 11.0. The average molecular weight is 334 g/mol. The van der Waals surface area contributed by atoms with Gasteiger partial charge in [-0.1, -0.05) is 11.2 Å². The Kier molecular flexibility index (Phi) is 3.35. The molecule has 3 aromatic heterocycles. The summed E-state index contributed by atoms with van der Waals surface area (Å²) < 4.78 is 8.05. The van der Waals surface area contributed by atoms with Crippen molar-refractivity contribution in [2.24, 2.45) is 0 Å². The van der Waals surface area contributed by atoms with E-state index in [1.807, 2.05) is 36.7 Å². The van der Waals surface area contributed by atoms with Crippen molar-refractivity contribution in [3.8, 4) is 23.1 Å². The van der Waals surface area contributed by atoms with Crippen LogP contribution in [0.1, 0.15) is 12.6 Å². The molecule has 0 atom stereocenters. The van der Waals surface area contributed by atoms with Gasteiger partial charge in [-0.2, -0.15) is 10.1 Å². The Bertz CT molecular complexity index is 735. The number of aryl methyl sites for hydroxylation is 2. The predicted molar refractivity (Wildman–Crippen MR) is 76.9 cm³/mol. The van der Waals surface area contributed by atoms with E-state index in [2.05, 4.69) is 36.2 Å². The summed E-state index contributed by atoms with van der Waals surface area (Å²) >= 11 is 3.52. The molecule has 20 heavy (non-hydrogen) atoms. The minimum Gasteiger partial charge on any atom is -0.332 e. The molecule has 0 spiro atoms. The van der Waals surface area contributed by atoms with Crippen molar-refractivity contribution in [2.45, 2.75) is 20.4 Å². The Balaban J connectivity index is 2.07. The summed E-state index contributed by atoms with van der Waals surface area (Å²) in [6.45, 7) is 4.66. The third kappa shape index (κ3) is 2.14. The van der Waals surface area contributed by atoms with Crippen molar-refractivity contribution >= 4 is 15.9 Å². The monoisotopic (exact) mass is 333 g/mol. The molecule has 0 N–H and O–H groups in total. The summed E-state index contributed by atoms with van der Waals surface area (Å²) in [5, 5.41) is 8.39. The molecule has 0 unspecified atom stereocenters. The van der Waals surface area contributed by atoms with Gasteiger partial charge in [0.2, 0.25) is 5.82 Å². The standard InChI is InChI=1S/C13H12BrN5O/c1-3-19-11(10(14)8(2)17-19)13-16-12(18-20-13)9-6-4-5-7-15-9/h4-7H,3H2,1-2H3. The van der Waals surface area contributed by atoms with Gasteiger partial charge in [-0.25, -0.2) is 0 Å². The molecule has 3 rings (SSSR count). The van der Waals surface area contributed by atoms with Gasteiger partial charge < -0.3 is 4.52 Å². The van der Waals surface area contributed by atoms with E-state index in [4.69, 9.17) is 4.52 Å². The number of aromatic nitrogens is 5. The number of hydrogen-bond donors (Lipinski definition) is 0. The van der Waals surface area contributed by atoms with Crippen LogP contribution in [0.3, 0.4) is 0 Å². The molecule has 0 aliphatic rings. The van der Waals surface area contributed by atoms with Crippen molar-refractivity contribution in [3.05, 3.63) is 34.6 Å². The topological polar surface area (TPSA) is 69.6 Å². The second kappa shape index (κ2) is 5.16. The summed E-state index contributed by atoms with van der Waals surface area (Å²) in [6.07, 6.45) is 1.70. The summed E-state index contributed by atoms with van der Waals surface area (Å²) in [5.41, 5.74) is 2.36. The van der Waals surface area contributed by atoms with E-state index in [0.717, 1.165) is 22.4 Å². The fraction of sp³-hybridized carbons (Fsp3) is 0.231. The SMILES string of the molecule is CCn1nc(C)c(Br)c1-c1nc(-c2ccccn2)no1. The van der Waals surface area contributed by atoms with Crippen LogP contribution in [0.15, 0.2) is 33.4 Å². The van der Waals surface area contributed by atoms with Crippen molar-refractivity contribution in [3.63, 3.8) is 0 Å². The lowest BCUT2D eigenvalue weighted by atomic mass is 10.3. The summed E-state index contributed by atoms with van der Waals surface area (Å²) in [7, 11) is 0. The second-order valence-electron chi connectivity index (χ2n) is 4.20. The minimum atomic E-state index is 0.431. The number of halogens is 1. The minimum absolute atomic E-state index is 0.431. The smallest absolute Gasteiger partial charge is 0.277 e. The normalized spacial score (nSPS) is 10.9. The average Bonchev–Trinajstić information content (AvgIpc) is 3.06.